The highest BCUT2D eigenvalue weighted by molar-refractivity contribution is 5.83. The Hall–Kier alpha value is -7.50. The summed E-state index contributed by atoms with van der Waals surface area (Å²) in [6.45, 7) is 12.9. The second kappa shape index (κ2) is 30.6. The zero-order valence-corrected chi connectivity index (χ0v) is 46.9. The van der Waals surface area contributed by atoms with Crippen molar-refractivity contribution in [3.63, 3.8) is 0 Å². The van der Waals surface area contributed by atoms with Crippen molar-refractivity contribution in [1.29, 1.82) is 0 Å². The molecule has 0 radical (unpaired) electrons. The van der Waals surface area contributed by atoms with Gasteiger partial charge in [0.25, 0.3) is 0 Å². The first-order valence-electron chi connectivity index (χ1n) is 27.7. The van der Waals surface area contributed by atoms with Gasteiger partial charge >= 0.3 is 5.97 Å². The van der Waals surface area contributed by atoms with Crippen molar-refractivity contribution in [1.82, 2.24) is 16.0 Å². The molecule has 8 rings (SSSR count). The lowest BCUT2D eigenvalue weighted by atomic mass is 9.76. The molecule has 0 aliphatic heterocycles. The van der Waals surface area contributed by atoms with Gasteiger partial charge in [-0.3, -0.25) is 20.2 Å². The fourth-order valence-corrected chi connectivity index (χ4v) is 10.1. The number of hydrogen-bond donors (Lipinski definition) is 7. The zero-order valence-electron chi connectivity index (χ0n) is 46.9. The molecule has 0 bridgehead atoms. The zero-order chi connectivity index (χ0) is 56.6. The minimum Gasteiger partial charge on any atom is -0.481 e. The van der Waals surface area contributed by atoms with E-state index in [4.69, 9.17) is 10.8 Å². The number of aliphatic hydroxyl groups is 2. The number of nitrogens with two attached hydrogens (primary N) is 1. The minimum absolute atomic E-state index is 0.0231. The Balaban J connectivity index is 0.000000214. The Morgan fingerprint density at radius 2 is 0.696 bits per heavy atom. The molecule has 412 valence electrons. The lowest BCUT2D eigenvalue weighted by Crippen LogP contribution is -2.54. The van der Waals surface area contributed by atoms with Gasteiger partial charge in [0.05, 0.1) is 36.1 Å². The summed E-state index contributed by atoms with van der Waals surface area (Å²) in [6.07, 6.45) is 2.07. The predicted molar refractivity (Wildman–Crippen MR) is 323 cm³/mol. The van der Waals surface area contributed by atoms with E-state index in [1.165, 1.54) is 11.1 Å². The molecule has 79 heavy (non-hydrogen) atoms. The number of carboxylic acids is 1. The molecule has 0 aliphatic rings. The van der Waals surface area contributed by atoms with Crippen LogP contribution in [0.5, 0.6) is 0 Å². The molecule has 0 aliphatic carbocycles. The molecular formula is C70H82N4O5. The van der Waals surface area contributed by atoms with Crippen molar-refractivity contribution in [2.24, 2.45) is 17.6 Å². The van der Waals surface area contributed by atoms with Gasteiger partial charge in [-0.2, -0.15) is 0 Å². The topological polar surface area (TPSA) is 157 Å². The molecule has 0 saturated heterocycles. The van der Waals surface area contributed by atoms with Crippen LogP contribution in [-0.4, -0.2) is 65.6 Å². The number of amides is 1. The first-order chi connectivity index (χ1) is 38.2. The third-order valence-electron chi connectivity index (χ3n) is 14.3. The average molecular weight is 1060 g/mol. The molecule has 9 heteroatoms. The maximum atomic E-state index is 13.2. The fourth-order valence-electron chi connectivity index (χ4n) is 10.1. The molecule has 0 unspecified atom stereocenters. The number of aliphatic carboxylic acids is 1. The molecule has 8 aromatic carbocycles. The number of nitrogens with one attached hydrogen (secondary N) is 3. The minimum atomic E-state index is -0.772. The predicted octanol–water partition coefficient (Wildman–Crippen LogP) is 12.0. The van der Waals surface area contributed by atoms with E-state index in [9.17, 15) is 19.8 Å². The summed E-state index contributed by atoms with van der Waals surface area (Å²) in [5.74, 6) is -0.317. The van der Waals surface area contributed by atoms with Crippen LogP contribution in [0.4, 0.5) is 0 Å². The Kier molecular flexibility index (Phi) is 23.5. The van der Waals surface area contributed by atoms with Gasteiger partial charge < -0.3 is 26.4 Å². The van der Waals surface area contributed by atoms with Crippen molar-refractivity contribution in [2.45, 2.75) is 89.4 Å². The number of rotatable bonds is 23. The standard InChI is InChI=1S/C35H40N2O2.C22H24N2O.C13H18O2/c1-26(2)23-28-19-21-29(22-20-28)27(3)34(39)36-24-33(25-38)37-35(30-13-7-4-8-14-30,31-15-9-5-10-16-31)32-17-11-6-12-18-32;23-16-21(17-25)24-22(18-10-4-1-5-11-18,19-12-6-2-7-13-19)20-14-8-3-9-15-20;1-9(2)8-11-4-6-12(7-5-11)10(3)13(14)15/h4-22,26-27,33,37-38H,23-25H2,1-3H3,(H,36,39);1-15,21,24-25H,16-17,23H2;4-7,9-10H,8H2,1-3H3,(H,14,15)/t27-,33+;21-;10-/m010/s1. The van der Waals surface area contributed by atoms with Gasteiger partial charge in [0.1, 0.15) is 0 Å². The monoisotopic (exact) mass is 1060 g/mol. The van der Waals surface area contributed by atoms with Crippen molar-refractivity contribution < 1.29 is 24.9 Å². The lowest BCUT2D eigenvalue weighted by Gasteiger charge is -2.40. The Bertz CT molecular complexity index is 2780. The van der Waals surface area contributed by atoms with E-state index in [-0.39, 0.29) is 31.1 Å². The highest BCUT2D eigenvalue weighted by Crippen LogP contribution is 2.39. The summed E-state index contributed by atoms with van der Waals surface area (Å²) in [5.41, 5.74) is 15.5. The third kappa shape index (κ3) is 16.5. The number of aliphatic hydroxyl groups excluding tert-OH is 2. The number of benzene rings is 8. The van der Waals surface area contributed by atoms with E-state index < -0.39 is 29.0 Å². The Morgan fingerprint density at radius 1 is 0.418 bits per heavy atom. The number of carboxylic acid groups (broad SMARTS) is 1. The van der Waals surface area contributed by atoms with Crippen LogP contribution in [0.2, 0.25) is 0 Å². The van der Waals surface area contributed by atoms with Crippen LogP contribution >= 0.6 is 0 Å². The summed E-state index contributed by atoms with van der Waals surface area (Å²) >= 11 is 0. The van der Waals surface area contributed by atoms with Gasteiger partial charge in [0.2, 0.25) is 5.91 Å². The van der Waals surface area contributed by atoms with Crippen LogP contribution < -0.4 is 21.7 Å². The summed E-state index contributed by atoms with van der Waals surface area (Å²) in [5, 5.41) is 39.6. The number of carbonyl (C=O) groups excluding carboxylic acids is 1. The Morgan fingerprint density at radius 3 is 0.949 bits per heavy atom. The Labute approximate surface area is 470 Å². The molecular weight excluding hydrogens is 977 g/mol. The SMILES string of the molecule is CC(C)Cc1ccc([C@H](C)C(=O)NC[C@H](CO)NC(c2ccccc2)(c2ccccc2)c2ccccc2)cc1.CC(C)Cc1ccc([C@H](C)C(=O)O)cc1.NC[C@H](CO)NC(c1ccccc1)(c1ccccc1)c1ccccc1. The highest BCUT2D eigenvalue weighted by atomic mass is 16.4. The van der Waals surface area contributed by atoms with Gasteiger partial charge in [-0.1, -0.05) is 258 Å². The second-order valence-corrected chi connectivity index (χ2v) is 21.2. The van der Waals surface area contributed by atoms with Gasteiger partial charge in [-0.25, -0.2) is 0 Å². The molecule has 0 fully saturated rings. The van der Waals surface area contributed by atoms with Crippen LogP contribution in [0.3, 0.4) is 0 Å². The molecule has 0 saturated carbocycles. The maximum Gasteiger partial charge on any atom is 0.310 e. The summed E-state index contributed by atoms with van der Waals surface area (Å²) in [4.78, 5) is 23.9. The third-order valence-corrected chi connectivity index (χ3v) is 14.3. The molecule has 0 spiro atoms. The fraction of sp³-hybridized carbons (Fsp3) is 0.286. The number of carbonyl (C=O) groups is 2. The smallest absolute Gasteiger partial charge is 0.310 e. The van der Waals surface area contributed by atoms with E-state index >= 15 is 0 Å². The van der Waals surface area contributed by atoms with Gasteiger partial charge in [0.15, 0.2) is 0 Å². The van der Waals surface area contributed by atoms with Crippen molar-refractivity contribution in [2.75, 3.05) is 26.3 Å². The normalized spacial score (nSPS) is 12.9. The number of hydrogen-bond acceptors (Lipinski definition) is 7. The van der Waals surface area contributed by atoms with E-state index in [2.05, 4.69) is 141 Å². The molecule has 8 aromatic rings. The highest BCUT2D eigenvalue weighted by Gasteiger charge is 2.39. The quantitative estimate of drug-likeness (QED) is 0.0312. The van der Waals surface area contributed by atoms with E-state index in [0.717, 1.165) is 57.3 Å². The second-order valence-electron chi connectivity index (χ2n) is 21.2. The molecule has 8 N–H and O–H groups in total. The van der Waals surface area contributed by atoms with Crippen molar-refractivity contribution in [3.8, 4) is 0 Å². The van der Waals surface area contributed by atoms with Crippen molar-refractivity contribution in [3.05, 3.63) is 286 Å². The van der Waals surface area contributed by atoms with E-state index in [0.29, 0.717) is 24.9 Å². The van der Waals surface area contributed by atoms with Gasteiger partial charge in [-0.05, 0) is 94.2 Å². The van der Waals surface area contributed by atoms with Crippen LogP contribution in [0, 0.1) is 11.8 Å². The van der Waals surface area contributed by atoms with Crippen LogP contribution in [-0.2, 0) is 33.5 Å². The summed E-state index contributed by atoms with van der Waals surface area (Å²) < 4.78 is 0. The molecule has 9 nitrogen and oxygen atoms in total. The summed E-state index contributed by atoms with van der Waals surface area (Å²) in [6, 6.07) is 77.3. The molecule has 0 heterocycles. The molecule has 0 aromatic heterocycles. The molecule has 1 amide bonds. The first kappa shape index (κ1) is 60.7. The summed E-state index contributed by atoms with van der Waals surface area (Å²) in [7, 11) is 0. The van der Waals surface area contributed by atoms with E-state index in [1.807, 2.05) is 140 Å². The lowest BCUT2D eigenvalue weighted by molar-refractivity contribution is -0.138. The van der Waals surface area contributed by atoms with Crippen LogP contribution in [0.25, 0.3) is 0 Å². The van der Waals surface area contributed by atoms with Crippen LogP contribution in [0.15, 0.2) is 231 Å². The average Bonchev–Trinajstić information content (AvgIpc) is 3.58. The molecule has 4 atom stereocenters. The largest absolute Gasteiger partial charge is 0.481 e. The maximum absolute atomic E-state index is 13.2. The van der Waals surface area contributed by atoms with Crippen LogP contribution in [0.1, 0.15) is 109 Å². The van der Waals surface area contributed by atoms with Gasteiger partial charge in [0, 0.05) is 25.2 Å². The van der Waals surface area contributed by atoms with Crippen molar-refractivity contribution >= 4 is 11.9 Å². The van der Waals surface area contributed by atoms with E-state index in [1.54, 1.807) is 6.92 Å². The van der Waals surface area contributed by atoms with Gasteiger partial charge in [-0.15, -0.1) is 0 Å². The first-order valence-corrected chi connectivity index (χ1v) is 27.7.